The highest BCUT2D eigenvalue weighted by atomic mass is 15.2. The Morgan fingerprint density at radius 3 is 1.08 bits per heavy atom. The van der Waals surface area contributed by atoms with E-state index < -0.39 is 0 Å². The number of fused-ring (bicyclic) bond motifs is 6. The van der Waals surface area contributed by atoms with Gasteiger partial charge >= 0.3 is 0 Å². The molecule has 0 spiro atoms. The quantitative estimate of drug-likeness (QED) is 0.127. The predicted octanol–water partition coefficient (Wildman–Crippen LogP) is 20.5. The first-order valence-electron chi connectivity index (χ1n) is 31.2. The Kier molecular flexibility index (Phi) is 11.4. The number of hydrogen-bond acceptors (Lipinski definition) is 4. The second kappa shape index (κ2) is 18.6. The summed E-state index contributed by atoms with van der Waals surface area (Å²) in [5.41, 5.74) is 20.3. The van der Waals surface area contributed by atoms with Gasteiger partial charge in [0, 0.05) is 61.6 Å². The van der Waals surface area contributed by atoms with Crippen LogP contribution in [0.25, 0.3) is 98.5 Å². The maximum absolute atomic E-state index is 5.69. The summed E-state index contributed by atoms with van der Waals surface area (Å²) in [5.74, 6) is 0.688. The summed E-state index contributed by atoms with van der Waals surface area (Å²) in [4.78, 5) is 16.5. The van der Waals surface area contributed by atoms with Crippen LogP contribution in [-0.4, -0.2) is 16.7 Å². The minimum absolute atomic E-state index is 0.150. The average Bonchev–Trinajstić information content (AvgIpc) is 0.683. The first kappa shape index (κ1) is 53.2. The largest absolute Gasteiger partial charge is 0.311 e. The molecule has 0 radical (unpaired) electrons. The van der Waals surface area contributed by atoms with E-state index in [1.165, 1.54) is 115 Å². The lowest BCUT2D eigenvalue weighted by atomic mass is 9.33. The molecule has 0 bridgehead atoms. The van der Waals surface area contributed by atoms with E-state index in [9.17, 15) is 0 Å². The van der Waals surface area contributed by atoms with Crippen LogP contribution in [0.5, 0.6) is 0 Å². The molecule has 87 heavy (non-hydrogen) atoms. The van der Waals surface area contributed by atoms with Crippen LogP contribution in [0.15, 0.2) is 212 Å². The van der Waals surface area contributed by atoms with E-state index in [1.807, 2.05) is 0 Å². The van der Waals surface area contributed by atoms with Gasteiger partial charge in [-0.2, -0.15) is 0 Å². The zero-order valence-corrected chi connectivity index (χ0v) is 52.1. The maximum atomic E-state index is 5.69. The monoisotopic (exact) mass is 1120 g/mol. The van der Waals surface area contributed by atoms with Crippen molar-refractivity contribution in [1.82, 2.24) is 9.97 Å². The third kappa shape index (κ3) is 8.32. The van der Waals surface area contributed by atoms with Crippen LogP contribution < -0.4 is 26.2 Å². The molecule has 0 N–H and O–H groups in total. The second-order valence-electron chi connectivity index (χ2n) is 29.1. The zero-order chi connectivity index (χ0) is 59.8. The molecule has 0 atom stereocenters. The van der Waals surface area contributed by atoms with E-state index in [0.29, 0.717) is 5.82 Å². The Hall–Kier alpha value is -9.32. The summed E-state index contributed by atoms with van der Waals surface area (Å²) in [6.45, 7) is 28.2. The van der Waals surface area contributed by atoms with Crippen molar-refractivity contribution in [3.63, 3.8) is 0 Å². The Morgan fingerprint density at radius 1 is 0.310 bits per heavy atom. The van der Waals surface area contributed by atoms with Crippen molar-refractivity contribution in [2.75, 3.05) is 9.80 Å². The molecular formula is C82H71BN4. The van der Waals surface area contributed by atoms with E-state index in [4.69, 9.17) is 9.97 Å². The number of anilines is 6. The molecule has 4 nitrogen and oxygen atoms in total. The van der Waals surface area contributed by atoms with Crippen LogP contribution >= 0.6 is 0 Å². The van der Waals surface area contributed by atoms with Gasteiger partial charge < -0.3 is 9.80 Å². The van der Waals surface area contributed by atoms with E-state index >= 15 is 0 Å². The van der Waals surface area contributed by atoms with Crippen LogP contribution in [0, 0.1) is 0 Å². The van der Waals surface area contributed by atoms with E-state index in [0.717, 1.165) is 50.8 Å². The van der Waals surface area contributed by atoms with Crippen molar-refractivity contribution in [3.8, 4) is 33.9 Å². The van der Waals surface area contributed by atoms with Crippen molar-refractivity contribution in [1.29, 1.82) is 0 Å². The van der Waals surface area contributed by atoms with Crippen LogP contribution in [-0.2, 0) is 21.7 Å². The first-order valence-corrected chi connectivity index (χ1v) is 31.2. The fourth-order valence-corrected chi connectivity index (χ4v) is 14.5. The molecule has 0 unspecified atom stereocenters. The highest BCUT2D eigenvalue weighted by Crippen LogP contribution is 2.53. The van der Waals surface area contributed by atoms with E-state index in [1.54, 1.807) is 0 Å². The fraction of sp³-hybridized carbons (Fsp3) is 0.195. The van der Waals surface area contributed by atoms with Crippen molar-refractivity contribution in [2.24, 2.45) is 0 Å². The molecule has 16 rings (SSSR count). The summed E-state index contributed by atoms with van der Waals surface area (Å²) >= 11 is 0. The Bertz CT molecular complexity index is 4740. The van der Waals surface area contributed by atoms with Gasteiger partial charge in [0.05, 0.1) is 11.4 Å². The van der Waals surface area contributed by atoms with Crippen LogP contribution in [0.2, 0.25) is 0 Å². The number of benzene rings is 13. The molecule has 0 saturated heterocycles. The summed E-state index contributed by atoms with van der Waals surface area (Å²) in [6.07, 6.45) is 0. The van der Waals surface area contributed by atoms with Crippen molar-refractivity contribution in [3.05, 3.63) is 235 Å². The summed E-state index contributed by atoms with van der Waals surface area (Å²) in [7, 11) is 0. The molecule has 0 fully saturated rings. The van der Waals surface area contributed by atoms with Crippen LogP contribution in [0.3, 0.4) is 0 Å². The number of rotatable bonds is 5. The van der Waals surface area contributed by atoms with Gasteiger partial charge in [-0.3, -0.25) is 0 Å². The lowest BCUT2D eigenvalue weighted by Crippen LogP contribution is -2.61. The van der Waals surface area contributed by atoms with Gasteiger partial charge in [-0.15, -0.1) is 0 Å². The van der Waals surface area contributed by atoms with Crippen molar-refractivity contribution >= 4 is 122 Å². The Labute approximate surface area is 511 Å². The lowest BCUT2D eigenvalue weighted by molar-refractivity contribution is 0.568. The van der Waals surface area contributed by atoms with Crippen LogP contribution in [0.1, 0.15) is 105 Å². The molecule has 2 aliphatic rings. The molecule has 2 aliphatic heterocycles. The van der Waals surface area contributed by atoms with E-state index in [2.05, 4.69) is 305 Å². The first-order chi connectivity index (χ1) is 41.6. The predicted molar refractivity (Wildman–Crippen MR) is 375 cm³/mol. The van der Waals surface area contributed by atoms with Gasteiger partial charge in [0.1, 0.15) is 0 Å². The summed E-state index contributed by atoms with van der Waals surface area (Å²) in [6, 6.07) is 81.1. The topological polar surface area (TPSA) is 32.3 Å². The zero-order valence-electron chi connectivity index (χ0n) is 52.1. The molecular weight excluding hydrogens is 1050 g/mol. The van der Waals surface area contributed by atoms with Crippen molar-refractivity contribution < 1.29 is 0 Å². The molecule has 422 valence electrons. The minimum Gasteiger partial charge on any atom is -0.311 e. The van der Waals surface area contributed by atoms with Gasteiger partial charge in [-0.25, -0.2) is 9.97 Å². The summed E-state index contributed by atoms with van der Waals surface area (Å²) in [5, 5.41) is 15.2. The number of hydrogen-bond donors (Lipinski definition) is 0. The maximum Gasteiger partial charge on any atom is 0.252 e. The lowest BCUT2D eigenvalue weighted by Gasteiger charge is -2.46. The highest BCUT2D eigenvalue weighted by molar-refractivity contribution is 7.01. The number of aromatic nitrogens is 2. The van der Waals surface area contributed by atoms with Gasteiger partial charge in [-0.05, 0) is 157 Å². The third-order valence-electron chi connectivity index (χ3n) is 19.2. The Morgan fingerprint density at radius 2 is 0.678 bits per heavy atom. The van der Waals surface area contributed by atoms with Crippen LogP contribution in [0.4, 0.5) is 34.1 Å². The molecule has 14 aromatic rings. The van der Waals surface area contributed by atoms with Gasteiger partial charge in [-0.1, -0.05) is 253 Å². The SMILES string of the molecule is CC(C)(C)c1cc(N2c3cc(-c4cc(-c5ccccc5)nc(-c5ccccc5)n4)cc4c3B(c3cc5ccc6cccc7ccc(c32)c5c67)c2cc3ccc5cccc6ccc(c2N4c2cc(C(C)(C)C)cc(C(C)(C)C)c2)c3c56)cc(C(C)(C)C)c1. The number of nitrogens with zero attached hydrogens (tertiary/aromatic N) is 4. The molecule has 3 heterocycles. The average molecular weight is 1120 g/mol. The molecule has 0 aliphatic carbocycles. The Balaban J connectivity index is 1.13. The highest BCUT2D eigenvalue weighted by Gasteiger charge is 2.46. The van der Waals surface area contributed by atoms with Crippen molar-refractivity contribution in [2.45, 2.75) is 105 Å². The normalized spacial score (nSPS) is 13.7. The van der Waals surface area contributed by atoms with E-state index in [-0.39, 0.29) is 28.4 Å². The standard InChI is InChI=1S/C82H71BN4/c1-79(2,3)57-41-58(80(4,5)6)44-61(43-57)86-69-39-56(68-47-67(48-21-15-13-16-22-48)84-78(85-68)53-23-17-14-18-24-53)40-70-75(69)83(65-37-54-31-29-49-25-19-27-51-33-35-63(76(65)86)73(54)71(49)51)66-38-55-32-30-50-26-20-28-52-34-36-64(74(55)72(50)52)77(66)87(70)62-45-59(81(7,8)9)42-60(46-62)82(10,11)12/h13-47H,1-12H3. The molecule has 0 amide bonds. The van der Waals surface area contributed by atoms with Gasteiger partial charge in [0.2, 0.25) is 0 Å². The second-order valence-corrected chi connectivity index (χ2v) is 29.1. The van der Waals surface area contributed by atoms with Gasteiger partial charge in [0.15, 0.2) is 5.82 Å². The molecule has 0 saturated carbocycles. The minimum atomic E-state index is -0.184. The molecule has 13 aromatic carbocycles. The molecule has 5 heteroatoms. The van der Waals surface area contributed by atoms with Gasteiger partial charge in [0.25, 0.3) is 6.71 Å². The molecule has 1 aromatic heterocycles. The third-order valence-corrected chi connectivity index (χ3v) is 19.2. The summed E-state index contributed by atoms with van der Waals surface area (Å²) < 4.78 is 0. The smallest absolute Gasteiger partial charge is 0.252 e. The fourth-order valence-electron chi connectivity index (χ4n) is 14.5.